The van der Waals surface area contributed by atoms with Crippen molar-refractivity contribution in [1.29, 1.82) is 0 Å². The minimum absolute atomic E-state index is 0.208. The van der Waals surface area contributed by atoms with Crippen LogP contribution in [0.3, 0.4) is 0 Å². The Balaban J connectivity index is 2.02. The Morgan fingerprint density at radius 3 is 2.53 bits per heavy atom. The predicted molar refractivity (Wildman–Crippen MR) is 119 cm³/mol. The van der Waals surface area contributed by atoms with Crippen LogP contribution in [0.15, 0.2) is 53.5 Å². The molecule has 0 fully saturated rings. The highest BCUT2D eigenvalue weighted by molar-refractivity contribution is 6.05. The monoisotopic (exact) mass is 401 g/mol. The second-order valence-corrected chi connectivity index (χ2v) is 7.90. The second kappa shape index (κ2) is 7.90. The molecule has 0 aliphatic carbocycles. The van der Waals surface area contributed by atoms with Crippen LogP contribution in [0.25, 0.3) is 11.3 Å². The summed E-state index contributed by atoms with van der Waals surface area (Å²) >= 11 is 0. The SMILES string of the molecule is CCOC(=O)C1C(C)=Nc2c(c(-c3ccccc3)nn2C)C1c1cc(C)ccc1C. The molecule has 1 aliphatic heterocycles. The zero-order valence-corrected chi connectivity index (χ0v) is 18.1. The van der Waals surface area contributed by atoms with Gasteiger partial charge >= 0.3 is 5.97 Å². The fraction of sp³-hybridized carbons (Fsp3) is 0.320. The van der Waals surface area contributed by atoms with Gasteiger partial charge in [0.1, 0.15) is 5.92 Å². The summed E-state index contributed by atoms with van der Waals surface area (Å²) in [5, 5.41) is 4.82. The van der Waals surface area contributed by atoms with Gasteiger partial charge in [-0.25, -0.2) is 4.99 Å². The van der Waals surface area contributed by atoms with Crippen molar-refractivity contribution in [3.05, 3.63) is 70.8 Å². The van der Waals surface area contributed by atoms with E-state index >= 15 is 0 Å². The first-order valence-electron chi connectivity index (χ1n) is 10.3. The Kier molecular flexibility index (Phi) is 5.29. The molecule has 0 saturated carbocycles. The molecule has 30 heavy (non-hydrogen) atoms. The van der Waals surface area contributed by atoms with Gasteiger partial charge in [-0.15, -0.1) is 0 Å². The van der Waals surface area contributed by atoms with Crippen molar-refractivity contribution in [3.8, 4) is 11.3 Å². The molecule has 4 rings (SSSR count). The normalized spacial score (nSPS) is 18.0. The molecule has 2 atom stereocenters. The summed E-state index contributed by atoms with van der Waals surface area (Å²) in [7, 11) is 1.91. The number of benzene rings is 2. The summed E-state index contributed by atoms with van der Waals surface area (Å²) < 4.78 is 7.31. The van der Waals surface area contributed by atoms with Gasteiger partial charge in [-0.3, -0.25) is 9.48 Å². The minimum Gasteiger partial charge on any atom is -0.465 e. The molecular weight excluding hydrogens is 374 g/mol. The van der Waals surface area contributed by atoms with E-state index in [2.05, 4.69) is 32.0 Å². The van der Waals surface area contributed by atoms with Crippen LogP contribution in [-0.2, 0) is 16.6 Å². The molecule has 0 amide bonds. The predicted octanol–water partition coefficient (Wildman–Crippen LogP) is 5.12. The van der Waals surface area contributed by atoms with Gasteiger partial charge in [-0.1, -0.05) is 54.1 Å². The van der Waals surface area contributed by atoms with Crippen molar-refractivity contribution < 1.29 is 9.53 Å². The molecule has 5 heteroatoms. The highest BCUT2D eigenvalue weighted by Crippen LogP contribution is 2.48. The molecule has 0 spiro atoms. The van der Waals surface area contributed by atoms with E-state index in [1.807, 2.05) is 55.9 Å². The average Bonchev–Trinajstić information content (AvgIpc) is 3.06. The first-order chi connectivity index (χ1) is 14.4. The first-order valence-corrected chi connectivity index (χ1v) is 10.3. The number of ether oxygens (including phenoxy) is 1. The van der Waals surface area contributed by atoms with Gasteiger partial charge in [-0.05, 0) is 38.8 Å². The fourth-order valence-corrected chi connectivity index (χ4v) is 4.37. The number of rotatable bonds is 4. The van der Waals surface area contributed by atoms with E-state index in [4.69, 9.17) is 14.8 Å². The topological polar surface area (TPSA) is 56.5 Å². The van der Waals surface area contributed by atoms with E-state index in [1.165, 1.54) is 0 Å². The van der Waals surface area contributed by atoms with Crippen molar-refractivity contribution in [2.24, 2.45) is 18.0 Å². The minimum atomic E-state index is -0.482. The third-order valence-electron chi connectivity index (χ3n) is 5.79. The number of carbonyl (C=O) groups excluding carboxylic acids is 1. The lowest BCUT2D eigenvalue weighted by Gasteiger charge is -2.31. The molecule has 2 heterocycles. The van der Waals surface area contributed by atoms with Crippen LogP contribution < -0.4 is 0 Å². The van der Waals surface area contributed by atoms with E-state index in [9.17, 15) is 4.79 Å². The third kappa shape index (κ3) is 3.34. The van der Waals surface area contributed by atoms with Crippen molar-refractivity contribution in [2.45, 2.75) is 33.6 Å². The Bertz CT molecular complexity index is 1130. The average molecular weight is 402 g/mol. The van der Waals surface area contributed by atoms with Gasteiger partial charge in [0.15, 0.2) is 5.82 Å². The lowest BCUT2D eigenvalue weighted by molar-refractivity contribution is -0.146. The smallest absolute Gasteiger partial charge is 0.315 e. The van der Waals surface area contributed by atoms with Crippen molar-refractivity contribution in [3.63, 3.8) is 0 Å². The fourth-order valence-electron chi connectivity index (χ4n) is 4.37. The maximum absolute atomic E-state index is 13.1. The molecule has 1 aromatic heterocycles. The number of esters is 1. The van der Waals surface area contributed by atoms with E-state index in [1.54, 1.807) is 0 Å². The van der Waals surface area contributed by atoms with Crippen LogP contribution in [-0.4, -0.2) is 28.1 Å². The Labute approximate surface area is 177 Å². The summed E-state index contributed by atoms with van der Waals surface area (Å²) in [5.41, 5.74) is 7.05. The number of hydrogen-bond donors (Lipinski definition) is 0. The lowest BCUT2D eigenvalue weighted by Crippen LogP contribution is -2.34. The van der Waals surface area contributed by atoms with E-state index in [0.29, 0.717) is 6.61 Å². The molecule has 2 unspecified atom stereocenters. The van der Waals surface area contributed by atoms with Gasteiger partial charge in [0.2, 0.25) is 0 Å². The molecule has 154 valence electrons. The molecule has 0 radical (unpaired) electrons. The van der Waals surface area contributed by atoms with Gasteiger partial charge in [0, 0.05) is 29.8 Å². The third-order valence-corrected chi connectivity index (χ3v) is 5.79. The Morgan fingerprint density at radius 2 is 1.83 bits per heavy atom. The largest absolute Gasteiger partial charge is 0.465 e. The van der Waals surface area contributed by atoms with Crippen LogP contribution in [0.2, 0.25) is 0 Å². The van der Waals surface area contributed by atoms with E-state index < -0.39 is 5.92 Å². The van der Waals surface area contributed by atoms with Crippen LogP contribution in [0, 0.1) is 19.8 Å². The molecule has 5 nitrogen and oxygen atoms in total. The van der Waals surface area contributed by atoms with Crippen LogP contribution in [0.1, 0.15) is 42.0 Å². The van der Waals surface area contributed by atoms with Gasteiger partial charge < -0.3 is 4.74 Å². The Hall–Kier alpha value is -3.21. The Morgan fingerprint density at radius 1 is 1.10 bits per heavy atom. The molecule has 0 N–H and O–H groups in total. The maximum Gasteiger partial charge on any atom is 0.315 e. The zero-order valence-electron chi connectivity index (χ0n) is 18.1. The molecule has 0 saturated heterocycles. The standard InChI is InChI=1S/C25H27N3O2/c1-6-30-25(29)20-17(4)26-24-22(21(20)19-14-15(2)12-13-16(19)3)23(27-28(24)5)18-10-8-7-9-11-18/h7-14,20-21H,6H2,1-5H3. The highest BCUT2D eigenvalue weighted by atomic mass is 16.5. The molecule has 1 aliphatic rings. The number of aromatic nitrogens is 2. The van der Waals surface area contributed by atoms with Crippen molar-refractivity contribution >= 4 is 17.5 Å². The quantitative estimate of drug-likeness (QED) is 0.570. The highest BCUT2D eigenvalue weighted by Gasteiger charge is 2.42. The number of aliphatic imine (C=N–C) groups is 1. The molecule has 2 aromatic carbocycles. The second-order valence-electron chi connectivity index (χ2n) is 7.90. The maximum atomic E-state index is 13.1. The van der Waals surface area contributed by atoms with Gasteiger partial charge in [-0.2, -0.15) is 5.10 Å². The lowest BCUT2D eigenvalue weighted by atomic mass is 9.74. The molecule has 3 aromatic rings. The number of aryl methyl sites for hydroxylation is 3. The summed E-state index contributed by atoms with van der Waals surface area (Å²) in [4.78, 5) is 17.9. The summed E-state index contributed by atoms with van der Waals surface area (Å²) in [6, 6.07) is 16.5. The van der Waals surface area contributed by atoms with Crippen molar-refractivity contribution in [2.75, 3.05) is 6.61 Å². The van der Waals surface area contributed by atoms with Crippen LogP contribution in [0.4, 0.5) is 5.82 Å². The number of hydrogen-bond acceptors (Lipinski definition) is 4. The van der Waals surface area contributed by atoms with Crippen LogP contribution >= 0.6 is 0 Å². The van der Waals surface area contributed by atoms with Gasteiger partial charge in [0.05, 0.1) is 12.3 Å². The summed E-state index contributed by atoms with van der Waals surface area (Å²) in [5.74, 6) is -0.124. The van der Waals surface area contributed by atoms with Gasteiger partial charge in [0.25, 0.3) is 0 Å². The van der Waals surface area contributed by atoms with E-state index in [-0.39, 0.29) is 11.9 Å². The number of nitrogens with zero attached hydrogens (tertiary/aromatic N) is 3. The van der Waals surface area contributed by atoms with Crippen molar-refractivity contribution in [1.82, 2.24) is 9.78 Å². The first kappa shape index (κ1) is 20.1. The summed E-state index contributed by atoms with van der Waals surface area (Å²) in [6.45, 7) is 8.26. The molecule has 0 bridgehead atoms. The van der Waals surface area contributed by atoms with Crippen LogP contribution in [0.5, 0.6) is 0 Å². The molecular formula is C25H27N3O2. The van der Waals surface area contributed by atoms with E-state index in [0.717, 1.165) is 45.0 Å². The zero-order chi connectivity index (χ0) is 21.4. The number of fused-ring (bicyclic) bond motifs is 1. The summed E-state index contributed by atoms with van der Waals surface area (Å²) in [6.07, 6.45) is 0. The number of carbonyl (C=O) groups is 1.